The van der Waals surface area contributed by atoms with E-state index in [4.69, 9.17) is 14.6 Å². The number of aliphatic carboxylic acids is 1. The summed E-state index contributed by atoms with van der Waals surface area (Å²) in [5, 5.41) is 10.6. The van der Waals surface area contributed by atoms with Crippen LogP contribution in [0, 0.1) is 5.82 Å². The van der Waals surface area contributed by atoms with Crippen molar-refractivity contribution in [1.82, 2.24) is 5.32 Å². The van der Waals surface area contributed by atoms with Gasteiger partial charge in [-0.25, -0.2) is 9.18 Å². The summed E-state index contributed by atoms with van der Waals surface area (Å²) in [5.41, 5.74) is 1.06. The van der Waals surface area contributed by atoms with E-state index in [2.05, 4.69) is 19.2 Å². The van der Waals surface area contributed by atoms with Crippen molar-refractivity contribution >= 4 is 5.97 Å². The number of alkyl halides is 3. The Balaban J connectivity index is 0.000000295. The van der Waals surface area contributed by atoms with E-state index in [0.29, 0.717) is 13.2 Å². The van der Waals surface area contributed by atoms with Gasteiger partial charge in [-0.3, -0.25) is 0 Å². The van der Waals surface area contributed by atoms with Gasteiger partial charge in [-0.2, -0.15) is 13.2 Å². The van der Waals surface area contributed by atoms with Crippen LogP contribution >= 0.6 is 0 Å². The summed E-state index contributed by atoms with van der Waals surface area (Å²) in [7, 11) is 0. The lowest BCUT2D eigenvalue weighted by Crippen LogP contribution is -2.51. The van der Waals surface area contributed by atoms with Crippen molar-refractivity contribution in [3.63, 3.8) is 0 Å². The van der Waals surface area contributed by atoms with Gasteiger partial charge in [0.2, 0.25) is 0 Å². The van der Waals surface area contributed by atoms with E-state index in [1.165, 1.54) is 12.1 Å². The maximum Gasteiger partial charge on any atom is 0.490 e. The number of carbonyl (C=O) groups is 1. The molecule has 0 spiro atoms. The SMILES string of the molecule is CC1(C)COCC(c2ccc(F)cc2)N1.O=C(O)C(F)(F)F. The highest BCUT2D eigenvalue weighted by Gasteiger charge is 2.38. The number of carboxylic acids is 1. The fourth-order valence-electron chi connectivity index (χ4n) is 1.86. The molecule has 0 aromatic heterocycles. The Hall–Kier alpha value is -1.67. The Labute approximate surface area is 125 Å². The molecule has 22 heavy (non-hydrogen) atoms. The minimum Gasteiger partial charge on any atom is -0.475 e. The molecule has 8 heteroatoms. The summed E-state index contributed by atoms with van der Waals surface area (Å²) < 4.78 is 50.0. The molecule has 2 N–H and O–H groups in total. The van der Waals surface area contributed by atoms with Crippen molar-refractivity contribution in [2.24, 2.45) is 0 Å². The zero-order chi connectivity index (χ0) is 17.0. The van der Waals surface area contributed by atoms with E-state index in [1.54, 1.807) is 12.1 Å². The molecule has 0 amide bonds. The number of hydrogen-bond donors (Lipinski definition) is 2. The van der Waals surface area contributed by atoms with E-state index >= 15 is 0 Å². The van der Waals surface area contributed by atoms with Crippen LogP contribution in [0.15, 0.2) is 24.3 Å². The summed E-state index contributed by atoms with van der Waals surface area (Å²) in [6.45, 7) is 5.56. The van der Waals surface area contributed by atoms with E-state index < -0.39 is 12.1 Å². The maximum atomic E-state index is 12.8. The van der Waals surface area contributed by atoms with Crippen LogP contribution in [0.25, 0.3) is 0 Å². The average molecular weight is 323 g/mol. The van der Waals surface area contributed by atoms with Crippen LogP contribution < -0.4 is 5.32 Å². The van der Waals surface area contributed by atoms with Crippen LogP contribution in [-0.4, -0.2) is 36.0 Å². The number of benzene rings is 1. The summed E-state index contributed by atoms with van der Waals surface area (Å²) in [4.78, 5) is 8.90. The summed E-state index contributed by atoms with van der Waals surface area (Å²) >= 11 is 0. The summed E-state index contributed by atoms with van der Waals surface area (Å²) in [6, 6.07) is 6.74. The van der Waals surface area contributed by atoms with E-state index in [-0.39, 0.29) is 17.4 Å². The highest BCUT2D eigenvalue weighted by Crippen LogP contribution is 2.22. The van der Waals surface area contributed by atoms with Crippen molar-refractivity contribution < 1.29 is 32.2 Å². The molecular weight excluding hydrogens is 306 g/mol. The van der Waals surface area contributed by atoms with Gasteiger partial charge in [-0.15, -0.1) is 0 Å². The number of rotatable bonds is 1. The first kappa shape index (κ1) is 18.4. The molecule has 1 aromatic rings. The first-order valence-corrected chi connectivity index (χ1v) is 6.42. The first-order valence-electron chi connectivity index (χ1n) is 6.42. The molecule has 4 nitrogen and oxygen atoms in total. The number of carboxylic acid groups (broad SMARTS) is 1. The molecule has 124 valence electrons. The van der Waals surface area contributed by atoms with Gasteiger partial charge in [0, 0.05) is 5.54 Å². The van der Waals surface area contributed by atoms with Gasteiger partial charge in [-0.1, -0.05) is 12.1 Å². The lowest BCUT2D eigenvalue weighted by atomic mass is 9.99. The fourth-order valence-corrected chi connectivity index (χ4v) is 1.86. The van der Waals surface area contributed by atoms with Crippen LogP contribution in [-0.2, 0) is 9.53 Å². The molecule has 1 unspecified atom stereocenters. The van der Waals surface area contributed by atoms with Crippen molar-refractivity contribution in [2.45, 2.75) is 31.6 Å². The zero-order valence-corrected chi connectivity index (χ0v) is 12.1. The lowest BCUT2D eigenvalue weighted by Gasteiger charge is -2.37. The Morgan fingerprint density at radius 1 is 1.32 bits per heavy atom. The fraction of sp³-hybridized carbons (Fsp3) is 0.500. The number of hydrogen-bond acceptors (Lipinski definition) is 3. The Morgan fingerprint density at radius 2 is 1.82 bits per heavy atom. The molecule has 0 bridgehead atoms. The highest BCUT2D eigenvalue weighted by molar-refractivity contribution is 5.73. The topological polar surface area (TPSA) is 58.6 Å². The van der Waals surface area contributed by atoms with E-state index in [1.807, 2.05) is 0 Å². The number of halogens is 4. The molecule has 0 radical (unpaired) electrons. The minimum absolute atomic E-state index is 0.0166. The average Bonchev–Trinajstić information content (AvgIpc) is 2.38. The van der Waals surface area contributed by atoms with Crippen molar-refractivity contribution in [3.05, 3.63) is 35.6 Å². The van der Waals surface area contributed by atoms with Crippen LogP contribution in [0.1, 0.15) is 25.5 Å². The van der Waals surface area contributed by atoms with Gasteiger partial charge in [-0.05, 0) is 31.5 Å². The Bertz CT molecular complexity index is 500. The predicted molar refractivity (Wildman–Crippen MR) is 70.9 cm³/mol. The maximum absolute atomic E-state index is 12.8. The Kier molecular flexibility index (Phi) is 5.90. The van der Waals surface area contributed by atoms with Crippen LogP contribution in [0.5, 0.6) is 0 Å². The van der Waals surface area contributed by atoms with Gasteiger partial charge in [0.05, 0.1) is 19.3 Å². The third-order valence-electron chi connectivity index (χ3n) is 2.83. The summed E-state index contributed by atoms with van der Waals surface area (Å²) in [6.07, 6.45) is -5.08. The second-order valence-corrected chi connectivity index (χ2v) is 5.45. The first-order chi connectivity index (χ1) is 10.0. The second-order valence-electron chi connectivity index (χ2n) is 5.45. The van der Waals surface area contributed by atoms with Gasteiger partial charge < -0.3 is 15.2 Å². The van der Waals surface area contributed by atoms with Crippen LogP contribution in [0.3, 0.4) is 0 Å². The highest BCUT2D eigenvalue weighted by atomic mass is 19.4. The molecule has 1 saturated heterocycles. The number of nitrogens with one attached hydrogen (secondary N) is 1. The molecule has 1 atom stereocenters. The zero-order valence-electron chi connectivity index (χ0n) is 12.1. The molecule has 1 fully saturated rings. The lowest BCUT2D eigenvalue weighted by molar-refractivity contribution is -0.192. The second kappa shape index (κ2) is 7.06. The molecular formula is C14H17F4NO3. The standard InChI is InChI=1S/C12H16FNO.C2HF3O2/c1-12(2)8-15-7-11(14-12)9-3-5-10(13)6-4-9;3-2(4,5)1(6)7/h3-6,11,14H,7-8H2,1-2H3;(H,6,7). The summed E-state index contributed by atoms with van der Waals surface area (Å²) in [5.74, 6) is -2.96. The van der Waals surface area contributed by atoms with Crippen molar-refractivity contribution in [3.8, 4) is 0 Å². The van der Waals surface area contributed by atoms with Crippen molar-refractivity contribution in [2.75, 3.05) is 13.2 Å². The van der Waals surface area contributed by atoms with Gasteiger partial charge in [0.1, 0.15) is 5.82 Å². The molecule has 1 aliphatic rings. The number of morpholine rings is 1. The van der Waals surface area contributed by atoms with Crippen LogP contribution in [0.4, 0.5) is 17.6 Å². The monoisotopic (exact) mass is 323 g/mol. The normalized spacial score (nSPS) is 20.7. The van der Waals surface area contributed by atoms with Gasteiger partial charge in [0.25, 0.3) is 0 Å². The van der Waals surface area contributed by atoms with E-state index in [0.717, 1.165) is 5.56 Å². The molecule has 1 heterocycles. The molecule has 0 aliphatic carbocycles. The third kappa shape index (κ3) is 5.98. The smallest absolute Gasteiger partial charge is 0.475 e. The quantitative estimate of drug-likeness (QED) is 0.780. The molecule has 1 aromatic carbocycles. The van der Waals surface area contributed by atoms with Gasteiger partial charge >= 0.3 is 12.1 Å². The molecule has 2 rings (SSSR count). The largest absolute Gasteiger partial charge is 0.490 e. The third-order valence-corrected chi connectivity index (χ3v) is 2.83. The molecule has 0 saturated carbocycles. The predicted octanol–water partition coefficient (Wildman–Crippen LogP) is 2.90. The minimum atomic E-state index is -5.08. The van der Waals surface area contributed by atoms with Crippen molar-refractivity contribution in [1.29, 1.82) is 0 Å². The van der Waals surface area contributed by atoms with E-state index in [9.17, 15) is 17.6 Å². The van der Waals surface area contributed by atoms with Gasteiger partial charge in [0.15, 0.2) is 0 Å². The molecule has 1 aliphatic heterocycles. The number of ether oxygens (including phenoxy) is 1. The van der Waals surface area contributed by atoms with Crippen LogP contribution in [0.2, 0.25) is 0 Å². The Morgan fingerprint density at radius 3 is 2.23 bits per heavy atom.